The predicted octanol–water partition coefficient (Wildman–Crippen LogP) is 2.08. The minimum absolute atomic E-state index is 0. The van der Waals surface area contributed by atoms with Crippen LogP contribution in [0.2, 0.25) is 0 Å². The summed E-state index contributed by atoms with van der Waals surface area (Å²) in [6.07, 6.45) is 10.3. The van der Waals surface area contributed by atoms with Crippen molar-refractivity contribution in [1.29, 1.82) is 0 Å². The molecule has 0 unspecified atom stereocenters. The summed E-state index contributed by atoms with van der Waals surface area (Å²) >= 11 is 0. The van der Waals surface area contributed by atoms with Gasteiger partial charge in [0.2, 0.25) is 11.8 Å². The summed E-state index contributed by atoms with van der Waals surface area (Å²) in [4.78, 5) is 26.6. The average Bonchev–Trinajstić information content (AvgIpc) is 2.51. The van der Waals surface area contributed by atoms with Gasteiger partial charge in [-0.15, -0.1) is 12.4 Å². The molecule has 6 heteroatoms. The molecule has 142 valence electrons. The van der Waals surface area contributed by atoms with Gasteiger partial charge in [0.05, 0.1) is 6.54 Å². The molecule has 5 nitrogen and oxygen atoms in total. The first-order valence-corrected chi connectivity index (χ1v) is 9.81. The van der Waals surface area contributed by atoms with Gasteiger partial charge in [0.25, 0.3) is 0 Å². The molecule has 0 radical (unpaired) electrons. The molecule has 3 N–H and O–H groups in total. The first-order valence-electron chi connectivity index (χ1n) is 9.81. The van der Waals surface area contributed by atoms with Crippen LogP contribution in [-0.2, 0) is 9.59 Å². The highest BCUT2D eigenvalue weighted by atomic mass is 35.5. The van der Waals surface area contributed by atoms with Gasteiger partial charge < -0.3 is 16.0 Å². The molecule has 5 fully saturated rings. The summed E-state index contributed by atoms with van der Waals surface area (Å²) in [7, 11) is 0. The standard InChI is InChI=1S/C19H31N3O2.ClH/c20-16-1-3-22(4-2-16)18(24)12-21-17(23)11-19-8-13-5-14(9-19)7-15(6-13)10-19;/h13-16H,1-12,20H2,(H,21,23);1H. The van der Waals surface area contributed by atoms with Crippen LogP contribution in [0.15, 0.2) is 0 Å². The highest BCUT2D eigenvalue weighted by Gasteiger charge is 2.51. The molecule has 0 aromatic rings. The van der Waals surface area contributed by atoms with Crippen LogP contribution in [0.1, 0.15) is 57.8 Å². The molecule has 5 rings (SSSR count). The van der Waals surface area contributed by atoms with Crippen molar-refractivity contribution in [2.75, 3.05) is 19.6 Å². The van der Waals surface area contributed by atoms with Crippen molar-refractivity contribution in [3.8, 4) is 0 Å². The topological polar surface area (TPSA) is 75.4 Å². The average molecular weight is 370 g/mol. The van der Waals surface area contributed by atoms with Crippen LogP contribution in [0.5, 0.6) is 0 Å². The van der Waals surface area contributed by atoms with E-state index >= 15 is 0 Å². The number of carbonyl (C=O) groups is 2. The Morgan fingerprint density at radius 1 is 1.00 bits per heavy atom. The number of likely N-dealkylation sites (tertiary alicyclic amines) is 1. The fraction of sp³-hybridized carbons (Fsp3) is 0.895. The van der Waals surface area contributed by atoms with Gasteiger partial charge in [-0.05, 0) is 74.5 Å². The zero-order valence-electron chi connectivity index (χ0n) is 15.0. The first-order chi connectivity index (χ1) is 11.5. The Morgan fingerprint density at radius 3 is 2.04 bits per heavy atom. The second kappa shape index (κ2) is 7.43. The van der Waals surface area contributed by atoms with Crippen LogP contribution in [0, 0.1) is 23.2 Å². The third kappa shape index (κ3) is 4.13. The quantitative estimate of drug-likeness (QED) is 0.796. The normalized spacial score (nSPS) is 36.8. The molecule has 0 aromatic heterocycles. The van der Waals surface area contributed by atoms with Crippen LogP contribution in [0.25, 0.3) is 0 Å². The maximum Gasteiger partial charge on any atom is 0.241 e. The summed E-state index contributed by atoms with van der Waals surface area (Å²) in [5.74, 6) is 2.72. The monoisotopic (exact) mass is 369 g/mol. The van der Waals surface area contributed by atoms with Gasteiger partial charge in [-0.3, -0.25) is 9.59 Å². The third-order valence-corrected chi connectivity index (χ3v) is 7.03. The number of rotatable bonds is 4. The third-order valence-electron chi connectivity index (χ3n) is 7.03. The van der Waals surface area contributed by atoms with Crippen LogP contribution in [-0.4, -0.2) is 42.4 Å². The Balaban J connectivity index is 0.00000182. The van der Waals surface area contributed by atoms with Gasteiger partial charge in [-0.1, -0.05) is 0 Å². The SMILES string of the molecule is Cl.NC1CCN(C(=O)CNC(=O)CC23CC4CC(CC(C4)C2)C3)CC1. The van der Waals surface area contributed by atoms with E-state index < -0.39 is 0 Å². The van der Waals surface area contributed by atoms with Gasteiger partial charge in [-0.25, -0.2) is 0 Å². The molecule has 1 heterocycles. The minimum atomic E-state index is 0. The lowest BCUT2D eigenvalue weighted by Gasteiger charge is -2.56. The Labute approximate surface area is 156 Å². The van der Waals surface area contributed by atoms with E-state index in [1.165, 1.54) is 38.5 Å². The van der Waals surface area contributed by atoms with E-state index in [0.29, 0.717) is 6.42 Å². The fourth-order valence-corrected chi connectivity index (χ4v) is 6.34. The van der Waals surface area contributed by atoms with Crippen molar-refractivity contribution >= 4 is 24.2 Å². The van der Waals surface area contributed by atoms with Crippen molar-refractivity contribution in [2.24, 2.45) is 28.9 Å². The highest BCUT2D eigenvalue weighted by Crippen LogP contribution is 2.61. The highest BCUT2D eigenvalue weighted by molar-refractivity contribution is 5.85. The van der Waals surface area contributed by atoms with Crippen molar-refractivity contribution in [3.63, 3.8) is 0 Å². The number of amides is 2. The molecule has 1 saturated heterocycles. The maximum absolute atomic E-state index is 12.5. The summed E-state index contributed by atoms with van der Waals surface area (Å²) in [5.41, 5.74) is 6.13. The van der Waals surface area contributed by atoms with Crippen LogP contribution < -0.4 is 11.1 Å². The zero-order valence-corrected chi connectivity index (χ0v) is 15.9. The number of nitrogens with zero attached hydrogens (tertiary/aromatic N) is 1. The van der Waals surface area contributed by atoms with Crippen LogP contribution in [0.4, 0.5) is 0 Å². The Morgan fingerprint density at radius 2 is 1.52 bits per heavy atom. The van der Waals surface area contributed by atoms with E-state index in [1.54, 1.807) is 0 Å². The largest absolute Gasteiger partial charge is 0.347 e. The second-order valence-corrected chi connectivity index (χ2v) is 9.09. The number of halogens is 1. The lowest BCUT2D eigenvalue weighted by Crippen LogP contribution is -2.49. The number of piperidine rings is 1. The van der Waals surface area contributed by atoms with Crippen molar-refractivity contribution in [3.05, 3.63) is 0 Å². The van der Waals surface area contributed by atoms with Gasteiger partial charge in [0, 0.05) is 25.6 Å². The molecular weight excluding hydrogens is 338 g/mol. The number of carbonyl (C=O) groups excluding carboxylic acids is 2. The Kier molecular flexibility index (Phi) is 5.64. The van der Waals surface area contributed by atoms with E-state index in [1.807, 2.05) is 4.90 Å². The van der Waals surface area contributed by atoms with Gasteiger partial charge >= 0.3 is 0 Å². The van der Waals surface area contributed by atoms with Crippen molar-refractivity contribution < 1.29 is 9.59 Å². The smallest absolute Gasteiger partial charge is 0.241 e. The molecule has 2 amide bonds. The molecule has 4 aliphatic carbocycles. The molecule has 25 heavy (non-hydrogen) atoms. The fourth-order valence-electron chi connectivity index (χ4n) is 6.34. The Hall–Kier alpha value is -0.810. The minimum Gasteiger partial charge on any atom is -0.347 e. The molecule has 1 aliphatic heterocycles. The van der Waals surface area contributed by atoms with Crippen LogP contribution in [0.3, 0.4) is 0 Å². The summed E-state index contributed by atoms with van der Waals surface area (Å²) < 4.78 is 0. The summed E-state index contributed by atoms with van der Waals surface area (Å²) in [6, 6.07) is 0.222. The van der Waals surface area contributed by atoms with E-state index in [-0.39, 0.29) is 42.2 Å². The lowest BCUT2D eigenvalue weighted by atomic mass is 9.49. The Bertz CT molecular complexity index is 482. The predicted molar refractivity (Wildman–Crippen MR) is 99.3 cm³/mol. The van der Waals surface area contributed by atoms with Crippen molar-refractivity contribution in [1.82, 2.24) is 10.2 Å². The molecule has 5 aliphatic rings. The van der Waals surface area contributed by atoms with Crippen molar-refractivity contribution in [2.45, 2.75) is 63.8 Å². The van der Waals surface area contributed by atoms with E-state index in [0.717, 1.165) is 43.7 Å². The molecule has 0 spiro atoms. The van der Waals surface area contributed by atoms with Gasteiger partial charge in [0.1, 0.15) is 0 Å². The summed E-state index contributed by atoms with van der Waals surface area (Å²) in [5, 5.41) is 2.90. The summed E-state index contributed by atoms with van der Waals surface area (Å²) in [6.45, 7) is 1.61. The van der Waals surface area contributed by atoms with E-state index in [9.17, 15) is 9.59 Å². The van der Waals surface area contributed by atoms with E-state index in [2.05, 4.69) is 5.32 Å². The molecule has 0 atom stereocenters. The van der Waals surface area contributed by atoms with Gasteiger partial charge in [-0.2, -0.15) is 0 Å². The van der Waals surface area contributed by atoms with E-state index in [4.69, 9.17) is 5.73 Å². The number of nitrogens with one attached hydrogen (secondary N) is 1. The number of hydrogen-bond donors (Lipinski definition) is 2. The molecular formula is C19H32ClN3O2. The lowest BCUT2D eigenvalue weighted by molar-refractivity contribution is -0.136. The first kappa shape index (κ1) is 19.0. The molecule has 4 saturated carbocycles. The van der Waals surface area contributed by atoms with Crippen LogP contribution >= 0.6 is 12.4 Å². The van der Waals surface area contributed by atoms with Gasteiger partial charge in [0.15, 0.2) is 0 Å². The number of hydrogen-bond acceptors (Lipinski definition) is 3. The molecule has 0 aromatic carbocycles. The molecule has 4 bridgehead atoms. The second-order valence-electron chi connectivity index (χ2n) is 9.09. The number of nitrogens with two attached hydrogens (primary N) is 1. The zero-order chi connectivity index (χ0) is 16.7. The maximum atomic E-state index is 12.5.